The summed E-state index contributed by atoms with van der Waals surface area (Å²) in [5.74, 6) is 0. The third kappa shape index (κ3) is 1.52. The van der Waals surface area contributed by atoms with Gasteiger partial charge >= 0.3 is 0 Å². The van der Waals surface area contributed by atoms with Gasteiger partial charge in [-0.3, -0.25) is 4.98 Å². The van der Waals surface area contributed by atoms with Gasteiger partial charge in [0.05, 0.1) is 5.52 Å². The molecule has 0 unspecified atom stereocenters. The number of nitrogens with zero attached hydrogens (tertiary/aromatic N) is 2. The monoisotopic (exact) mass is 188 g/mol. The van der Waals surface area contributed by atoms with Crippen LogP contribution < -0.4 is 0 Å². The summed E-state index contributed by atoms with van der Waals surface area (Å²) in [5, 5.41) is 1.28. The summed E-state index contributed by atoms with van der Waals surface area (Å²) in [4.78, 5) is 4.29. The minimum absolute atomic E-state index is 1.11. The van der Waals surface area contributed by atoms with E-state index >= 15 is 0 Å². The van der Waals surface area contributed by atoms with Crippen LogP contribution in [0.3, 0.4) is 0 Å². The molecule has 0 fully saturated rings. The van der Waals surface area contributed by atoms with Crippen LogP contribution in [0.5, 0.6) is 0 Å². The first-order valence-electron chi connectivity index (χ1n) is 5.23. The van der Waals surface area contributed by atoms with Crippen LogP contribution in [-0.4, -0.2) is 9.55 Å². The Morgan fingerprint density at radius 1 is 1.36 bits per heavy atom. The van der Waals surface area contributed by atoms with Crippen molar-refractivity contribution in [3.63, 3.8) is 0 Å². The van der Waals surface area contributed by atoms with E-state index in [2.05, 4.69) is 41.7 Å². The molecule has 0 radical (unpaired) electrons. The standard InChI is InChI=1S/C12H16N2/c1-3-4-8-14-9-6-11-10(2)13-7-5-12(11)14/h5-7,9H,3-4,8H2,1-2H3. The second kappa shape index (κ2) is 3.82. The quantitative estimate of drug-likeness (QED) is 0.723. The van der Waals surface area contributed by atoms with Crippen LogP contribution in [0.4, 0.5) is 0 Å². The lowest BCUT2D eigenvalue weighted by molar-refractivity contribution is 0.650. The summed E-state index contributed by atoms with van der Waals surface area (Å²) in [6, 6.07) is 4.26. The number of hydrogen-bond acceptors (Lipinski definition) is 1. The molecule has 2 heteroatoms. The van der Waals surface area contributed by atoms with Crippen molar-refractivity contribution in [3.05, 3.63) is 30.2 Å². The van der Waals surface area contributed by atoms with E-state index in [4.69, 9.17) is 0 Å². The molecule has 2 nitrogen and oxygen atoms in total. The number of rotatable bonds is 3. The lowest BCUT2D eigenvalue weighted by Gasteiger charge is -2.03. The van der Waals surface area contributed by atoms with Gasteiger partial charge in [-0.15, -0.1) is 0 Å². The van der Waals surface area contributed by atoms with Crippen molar-refractivity contribution < 1.29 is 0 Å². The molecule has 0 spiro atoms. The minimum atomic E-state index is 1.11. The Bertz CT molecular complexity index is 429. The molecule has 0 aromatic carbocycles. The molecule has 0 N–H and O–H groups in total. The average molecular weight is 188 g/mol. The van der Waals surface area contributed by atoms with E-state index in [0.29, 0.717) is 0 Å². The molecule has 2 aromatic heterocycles. The maximum absolute atomic E-state index is 4.29. The van der Waals surface area contributed by atoms with Crippen molar-refractivity contribution in [2.75, 3.05) is 0 Å². The van der Waals surface area contributed by atoms with Crippen LogP contribution in [0.2, 0.25) is 0 Å². The Kier molecular flexibility index (Phi) is 2.53. The van der Waals surface area contributed by atoms with Crippen LogP contribution in [0, 0.1) is 6.92 Å². The first kappa shape index (κ1) is 9.25. The van der Waals surface area contributed by atoms with E-state index in [-0.39, 0.29) is 0 Å². The Morgan fingerprint density at radius 3 is 3.00 bits per heavy atom. The first-order chi connectivity index (χ1) is 6.83. The van der Waals surface area contributed by atoms with Crippen molar-refractivity contribution in [1.29, 1.82) is 0 Å². The van der Waals surface area contributed by atoms with Crippen molar-refractivity contribution in [1.82, 2.24) is 9.55 Å². The molecule has 0 bridgehead atoms. The molecule has 0 atom stereocenters. The highest BCUT2D eigenvalue weighted by Crippen LogP contribution is 2.17. The highest BCUT2D eigenvalue weighted by molar-refractivity contribution is 5.81. The fraction of sp³-hybridized carbons (Fsp3) is 0.417. The van der Waals surface area contributed by atoms with Crippen LogP contribution in [0.1, 0.15) is 25.5 Å². The lowest BCUT2D eigenvalue weighted by atomic mass is 10.2. The van der Waals surface area contributed by atoms with Crippen molar-refractivity contribution in [3.8, 4) is 0 Å². The molecule has 0 amide bonds. The van der Waals surface area contributed by atoms with Gasteiger partial charge in [0.1, 0.15) is 0 Å². The van der Waals surface area contributed by atoms with Gasteiger partial charge in [0.2, 0.25) is 0 Å². The van der Waals surface area contributed by atoms with E-state index in [0.717, 1.165) is 12.2 Å². The largest absolute Gasteiger partial charge is 0.347 e. The van der Waals surface area contributed by atoms with Gasteiger partial charge in [0.15, 0.2) is 0 Å². The van der Waals surface area contributed by atoms with Crippen molar-refractivity contribution >= 4 is 10.9 Å². The van der Waals surface area contributed by atoms with Gasteiger partial charge in [-0.2, -0.15) is 0 Å². The molecule has 74 valence electrons. The molecule has 0 saturated heterocycles. The predicted octanol–water partition coefficient (Wildman–Crippen LogP) is 3.14. The number of pyridine rings is 1. The zero-order valence-corrected chi connectivity index (χ0v) is 8.83. The fourth-order valence-electron chi connectivity index (χ4n) is 1.79. The number of unbranched alkanes of at least 4 members (excludes halogenated alkanes) is 1. The number of hydrogen-bond donors (Lipinski definition) is 0. The van der Waals surface area contributed by atoms with E-state index in [1.54, 1.807) is 0 Å². The molecule has 0 aliphatic rings. The predicted molar refractivity (Wildman–Crippen MR) is 59.4 cm³/mol. The summed E-state index contributed by atoms with van der Waals surface area (Å²) < 4.78 is 2.31. The van der Waals surface area contributed by atoms with Gasteiger partial charge in [0, 0.05) is 30.0 Å². The minimum Gasteiger partial charge on any atom is -0.347 e. The number of aromatic nitrogens is 2. The summed E-state index contributed by atoms with van der Waals surface area (Å²) in [7, 11) is 0. The molecule has 2 rings (SSSR count). The summed E-state index contributed by atoms with van der Waals surface area (Å²) >= 11 is 0. The Hall–Kier alpha value is -1.31. The number of fused-ring (bicyclic) bond motifs is 1. The molecular weight excluding hydrogens is 172 g/mol. The average Bonchev–Trinajstić information content (AvgIpc) is 2.60. The Balaban J connectivity index is 2.42. The SMILES string of the molecule is CCCCn1ccc2c(C)nccc21. The molecule has 2 heterocycles. The molecular formula is C12H16N2. The zero-order valence-electron chi connectivity index (χ0n) is 8.83. The van der Waals surface area contributed by atoms with E-state index in [1.165, 1.54) is 23.7 Å². The van der Waals surface area contributed by atoms with Crippen LogP contribution in [0.15, 0.2) is 24.5 Å². The molecule has 2 aromatic rings. The van der Waals surface area contributed by atoms with Gasteiger partial charge in [-0.05, 0) is 25.5 Å². The van der Waals surface area contributed by atoms with Gasteiger partial charge in [-0.25, -0.2) is 0 Å². The van der Waals surface area contributed by atoms with Gasteiger partial charge in [-0.1, -0.05) is 13.3 Å². The molecule has 14 heavy (non-hydrogen) atoms. The Labute approximate surface area is 84.6 Å². The third-order valence-electron chi connectivity index (χ3n) is 2.65. The maximum Gasteiger partial charge on any atom is 0.0514 e. The van der Waals surface area contributed by atoms with Gasteiger partial charge < -0.3 is 4.57 Å². The molecule has 0 aliphatic carbocycles. The topological polar surface area (TPSA) is 17.8 Å². The second-order valence-corrected chi connectivity index (χ2v) is 3.69. The maximum atomic E-state index is 4.29. The first-order valence-corrected chi connectivity index (χ1v) is 5.23. The van der Waals surface area contributed by atoms with Crippen molar-refractivity contribution in [2.24, 2.45) is 0 Å². The summed E-state index contributed by atoms with van der Waals surface area (Å²) in [6.07, 6.45) is 6.53. The van der Waals surface area contributed by atoms with E-state index < -0.39 is 0 Å². The van der Waals surface area contributed by atoms with E-state index in [9.17, 15) is 0 Å². The summed E-state index contributed by atoms with van der Waals surface area (Å²) in [5.41, 5.74) is 2.43. The highest BCUT2D eigenvalue weighted by Gasteiger charge is 2.02. The lowest BCUT2D eigenvalue weighted by Crippen LogP contribution is -1.95. The van der Waals surface area contributed by atoms with Crippen LogP contribution >= 0.6 is 0 Å². The van der Waals surface area contributed by atoms with Crippen molar-refractivity contribution in [2.45, 2.75) is 33.2 Å². The van der Waals surface area contributed by atoms with E-state index in [1.807, 2.05) is 6.20 Å². The normalized spacial score (nSPS) is 11.0. The molecule has 0 aliphatic heterocycles. The zero-order chi connectivity index (χ0) is 9.97. The Morgan fingerprint density at radius 2 is 2.21 bits per heavy atom. The fourth-order valence-corrected chi connectivity index (χ4v) is 1.79. The molecule has 0 saturated carbocycles. The third-order valence-corrected chi connectivity index (χ3v) is 2.65. The van der Waals surface area contributed by atoms with Crippen LogP contribution in [0.25, 0.3) is 10.9 Å². The van der Waals surface area contributed by atoms with Crippen LogP contribution in [-0.2, 0) is 6.54 Å². The smallest absolute Gasteiger partial charge is 0.0514 e. The summed E-state index contributed by atoms with van der Waals surface area (Å²) in [6.45, 7) is 5.40. The number of aryl methyl sites for hydroxylation is 2. The second-order valence-electron chi connectivity index (χ2n) is 3.69. The highest BCUT2D eigenvalue weighted by atomic mass is 15.0. The van der Waals surface area contributed by atoms with Gasteiger partial charge in [0.25, 0.3) is 0 Å².